The molecule has 0 saturated carbocycles. The third-order valence-electron chi connectivity index (χ3n) is 4.97. The zero-order valence-electron chi connectivity index (χ0n) is 14.8. The molecular weight excluding hydrogens is 330 g/mol. The zero-order chi connectivity index (χ0) is 18.1. The number of H-pyrrole nitrogens is 1. The molecular formula is C18H21N7O. The first-order valence-corrected chi connectivity index (χ1v) is 8.64. The zero-order valence-corrected chi connectivity index (χ0v) is 14.8. The quantitative estimate of drug-likeness (QED) is 0.743. The van der Waals surface area contributed by atoms with Gasteiger partial charge in [-0.05, 0) is 24.6 Å². The molecule has 0 aliphatic carbocycles. The van der Waals surface area contributed by atoms with E-state index in [1.165, 1.54) is 6.33 Å². The third kappa shape index (κ3) is 2.88. The average molecular weight is 351 g/mol. The molecule has 26 heavy (non-hydrogen) atoms. The Balaban J connectivity index is 1.53. The minimum atomic E-state index is -0.0730. The van der Waals surface area contributed by atoms with Crippen LogP contribution in [0.3, 0.4) is 0 Å². The van der Waals surface area contributed by atoms with Gasteiger partial charge in [-0.1, -0.05) is 12.1 Å². The Hall–Kier alpha value is -3.00. The largest absolute Gasteiger partial charge is 0.334 e. The average Bonchev–Trinajstić information content (AvgIpc) is 3.36. The first-order chi connectivity index (χ1) is 12.6. The van der Waals surface area contributed by atoms with E-state index in [-0.39, 0.29) is 11.9 Å². The highest BCUT2D eigenvalue weighted by atomic mass is 16.2. The molecule has 3 heterocycles. The molecule has 1 unspecified atom stereocenters. The van der Waals surface area contributed by atoms with Gasteiger partial charge in [0.05, 0.1) is 11.7 Å². The summed E-state index contributed by atoms with van der Waals surface area (Å²) < 4.78 is 1.70. The molecule has 2 aromatic heterocycles. The Morgan fingerprint density at radius 3 is 2.85 bits per heavy atom. The fourth-order valence-electron chi connectivity index (χ4n) is 3.22. The van der Waals surface area contributed by atoms with Crippen molar-refractivity contribution in [2.75, 3.05) is 13.6 Å². The van der Waals surface area contributed by atoms with E-state index in [1.807, 2.05) is 38.2 Å². The van der Waals surface area contributed by atoms with Crippen molar-refractivity contribution < 1.29 is 4.79 Å². The molecule has 1 aliphatic rings. The summed E-state index contributed by atoms with van der Waals surface area (Å²) >= 11 is 0. The van der Waals surface area contributed by atoms with Crippen LogP contribution in [-0.4, -0.2) is 49.4 Å². The van der Waals surface area contributed by atoms with Crippen molar-refractivity contribution in [2.45, 2.75) is 25.9 Å². The number of nitrogens with one attached hydrogen (secondary N) is 2. The smallest absolute Gasteiger partial charge is 0.274 e. The molecule has 4 rings (SSSR count). The molecule has 3 aromatic rings. The topological polar surface area (TPSA) is 91.7 Å². The second-order valence-corrected chi connectivity index (χ2v) is 6.48. The molecule has 0 fully saturated rings. The normalized spacial score (nSPS) is 14.7. The van der Waals surface area contributed by atoms with Gasteiger partial charge in [0.25, 0.3) is 5.91 Å². The number of aromatic amines is 1. The standard InChI is InChI=1S/C18H21N7O/c1-12(13-3-5-14(6-4-13)25-11-20-10-21-25)24(2)18(26)17-15-9-19-8-7-16(15)22-23-17/h3-6,10-12,19H,7-9H2,1-2H3,(H,22,23). The van der Waals surface area contributed by atoms with Gasteiger partial charge in [0.1, 0.15) is 12.7 Å². The molecule has 0 radical (unpaired) electrons. The number of aromatic nitrogens is 5. The van der Waals surface area contributed by atoms with Gasteiger partial charge in [0, 0.05) is 37.8 Å². The maximum Gasteiger partial charge on any atom is 0.274 e. The number of benzene rings is 1. The van der Waals surface area contributed by atoms with Crippen molar-refractivity contribution >= 4 is 5.91 Å². The SMILES string of the molecule is CC(c1ccc(-n2cncn2)cc1)N(C)C(=O)c1n[nH]c2c1CNCC2. The van der Waals surface area contributed by atoms with Crippen molar-refractivity contribution in [3.63, 3.8) is 0 Å². The van der Waals surface area contributed by atoms with Crippen molar-refractivity contribution in [1.29, 1.82) is 0 Å². The highest BCUT2D eigenvalue weighted by Crippen LogP contribution is 2.24. The Morgan fingerprint density at radius 2 is 2.12 bits per heavy atom. The fourth-order valence-corrected chi connectivity index (χ4v) is 3.22. The van der Waals surface area contributed by atoms with Crippen LogP contribution in [0.25, 0.3) is 5.69 Å². The van der Waals surface area contributed by atoms with Crippen LogP contribution >= 0.6 is 0 Å². The number of hydrogen-bond acceptors (Lipinski definition) is 5. The van der Waals surface area contributed by atoms with Crippen LogP contribution in [0.1, 0.15) is 40.3 Å². The molecule has 1 aromatic carbocycles. The number of fused-ring (bicyclic) bond motifs is 1. The second-order valence-electron chi connectivity index (χ2n) is 6.48. The molecule has 8 heteroatoms. The van der Waals surface area contributed by atoms with Gasteiger partial charge in [-0.3, -0.25) is 9.89 Å². The van der Waals surface area contributed by atoms with Crippen molar-refractivity contribution in [3.8, 4) is 5.69 Å². The monoisotopic (exact) mass is 351 g/mol. The summed E-state index contributed by atoms with van der Waals surface area (Å²) in [6.07, 6.45) is 4.03. The Morgan fingerprint density at radius 1 is 1.31 bits per heavy atom. The van der Waals surface area contributed by atoms with Crippen LogP contribution in [0, 0.1) is 0 Å². The molecule has 134 valence electrons. The highest BCUT2D eigenvalue weighted by Gasteiger charge is 2.26. The van der Waals surface area contributed by atoms with Crippen LogP contribution < -0.4 is 5.32 Å². The number of carbonyl (C=O) groups excluding carboxylic acids is 1. The lowest BCUT2D eigenvalue weighted by molar-refractivity contribution is 0.0735. The van der Waals surface area contributed by atoms with E-state index >= 15 is 0 Å². The number of carbonyl (C=O) groups is 1. The second kappa shape index (κ2) is 6.72. The summed E-state index contributed by atoms with van der Waals surface area (Å²) in [7, 11) is 1.82. The molecule has 1 aliphatic heterocycles. The molecule has 2 N–H and O–H groups in total. The van der Waals surface area contributed by atoms with Gasteiger partial charge < -0.3 is 10.2 Å². The minimum absolute atomic E-state index is 0.0703. The van der Waals surface area contributed by atoms with Gasteiger partial charge in [-0.15, -0.1) is 0 Å². The molecule has 0 saturated heterocycles. The molecule has 1 atom stereocenters. The Bertz CT molecular complexity index is 898. The minimum Gasteiger partial charge on any atom is -0.334 e. The Labute approximate surface area is 151 Å². The first kappa shape index (κ1) is 16.5. The highest BCUT2D eigenvalue weighted by molar-refractivity contribution is 5.94. The van der Waals surface area contributed by atoms with Gasteiger partial charge >= 0.3 is 0 Å². The number of nitrogens with zero attached hydrogens (tertiary/aromatic N) is 5. The van der Waals surface area contributed by atoms with E-state index < -0.39 is 0 Å². The summed E-state index contributed by atoms with van der Waals surface area (Å²) in [4.78, 5) is 18.6. The van der Waals surface area contributed by atoms with Gasteiger partial charge in [-0.25, -0.2) is 9.67 Å². The van der Waals surface area contributed by atoms with Gasteiger partial charge in [0.2, 0.25) is 0 Å². The third-order valence-corrected chi connectivity index (χ3v) is 4.97. The van der Waals surface area contributed by atoms with Crippen molar-refractivity contribution in [1.82, 2.24) is 35.2 Å². The van der Waals surface area contributed by atoms with Crippen molar-refractivity contribution in [2.24, 2.45) is 0 Å². The van der Waals surface area contributed by atoms with Gasteiger partial charge in [-0.2, -0.15) is 10.2 Å². The summed E-state index contributed by atoms with van der Waals surface area (Å²) in [5.41, 5.74) is 4.54. The van der Waals surface area contributed by atoms with Crippen LogP contribution in [0.15, 0.2) is 36.9 Å². The summed E-state index contributed by atoms with van der Waals surface area (Å²) in [5.74, 6) is -0.0703. The maximum absolute atomic E-state index is 12.9. The van der Waals surface area contributed by atoms with Crippen LogP contribution in [0.2, 0.25) is 0 Å². The lowest BCUT2D eigenvalue weighted by atomic mass is 10.0. The summed E-state index contributed by atoms with van der Waals surface area (Å²) in [6, 6.07) is 7.88. The molecule has 0 spiro atoms. The number of rotatable bonds is 4. The molecule has 8 nitrogen and oxygen atoms in total. The van der Waals surface area contributed by atoms with Crippen LogP contribution in [-0.2, 0) is 13.0 Å². The first-order valence-electron chi connectivity index (χ1n) is 8.64. The van der Waals surface area contributed by atoms with E-state index in [2.05, 4.69) is 25.6 Å². The van der Waals surface area contributed by atoms with E-state index in [0.29, 0.717) is 12.2 Å². The van der Waals surface area contributed by atoms with Crippen LogP contribution in [0.5, 0.6) is 0 Å². The van der Waals surface area contributed by atoms with Crippen LogP contribution in [0.4, 0.5) is 0 Å². The fraction of sp³-hybridized carbons (Fsp3) is 0.333. The number of hydrogen-bond donors (Lipinski definition) is 2. The lowest BCUT2D eigenvalue weighted by Crippen LogP contribution is -2.32. The predicted octanol–water partition coefficient (Wildman–Crippen LogP) is 1.47. The summed E-state index contributed by atoms with van der Waals surface area (Å²) in [5, 5.41) is 14.7. The van der Waals surface area contributed by atoms with E-state index in [9.17, 15) is 4.79 Å². The molecule has 0 bridgehead atoms. The Kier molecular flexibility index (Phi) is 4.26. The number of amides is 1. The van der Waals surface area contributed by atoms with Gasteiger partial charge in [0.15, 0.2) is 5.69 Å². The predicted molar refractivity (Wildman–Crippen MR) is 95.9 cm³/mol. The van der Waals surface area contributed by atoms with E-state index in [1.54, 1.807) is 15.9 Å². The maximum atomic E-state index is 12.9. The van der Waals surface area contributed by atoms with E-state index in [0.717, 1.165) is 35.5 Å². The summed E-state index contributed by atoms with van der Waals surface area (Å²) in [6.45, 7) is 3.61. The van der Waals surface area contributed by atoms with E-state index in [4.69, 9.17) is 0 Å². The lowest BCUT2D eigenvalue weighted by Gasteiger charge is -2.25. The molecule has 1 amide bonds. The van der Waals surface area contributed by atoms with Crippen molar-refractivity contribution in [3.05, 3.63) is 59.4 Å².